The molecule has 1 aliphatic rings. The second kappa shape index (κ2) is 5.28. The van der Waals surface area contributed by atoms with Gasteiger partial charge in [0.05, 0.1) is 25.9 Å². The zero-order chi connectivity index (χ0) is 13.9. The van der Waals surface area contributed by atoms with Crippen molar-refractivity contribution in [3.8, 4) is 5.75 Å². The van der Waals surface area contributed by atoms with Gasteiger partial charge in [-0.05, 0) is 24.3 Å². The maximum Gasteiger partial charge on any atom is 0.373 e. The average molecular weight is 273 g/mol. The molecular weight excluding hydrogens is 258 g/mol. The van der Waals surface area contributed by atoms with E-state index >= 15 is 0 Å². The van der Waals surface area contributed by atoms with Gasteiger partial charge in [-0.25, -0.2) is 4.79 Å². The van der Waals surface area contributed by atoms with Crippen molar-refractivity contribution in [2.75, 3.05) is 25.2 Å². The standard InChI is InChI=1S/C15H15NO4/c1-18-15(17)14-7-6-11(20-14)10-16-8-9-19-13-5-3-2-4-12(13)16/h2-7H,8-10H2,1H3. The molecule has 0 spiro atoms. The third-order valence-electron chi connectivity index (χ3n) is 3.22. The number of hydrogen-bond donors (Lipinski definition) is 0. The fourth-order valence-electron chi connectivity index (χ4n) is 2.25. The second-order valence-electron chi connectivity index (χ2n) is 4.50. The average Bonchev–Trinajstić information content (AvgIpc) is 2.95. The largest absolute Gasteiger partial charge is 0.490 e. The summed E-state index contributed by atoms with van der Waals surface area (Å²) in [7, 11) is 1.34. The van der Waals surface area contributed by atoms with Gasteiger partial charge in [0, 0.05) is 0 Å². The Bertz CT molecular complexity index is 620. The van der Waals surface area contributed by atoms with Crippen LogP contribution in [0.1, 0.15) is 16.3 Å². The molecule has 0 aliphatic carbocycles. The number of carbonyl (C=O) groups excluding carboxylic acids is 1. The zero-order valence-corrected chi connectivity index (χ0v) is 11.2. The van der Waals surface area contributed by atoms with Gasteiger partial charge in [-0.2, -0.15) is 0 Å². The van der Waals surface area contributed by atoms with E-state index in [1.807, 2.05) is 24.3 Å². The highest BCUT2D eigenvalue weighted by Gasteiger charge is 2.19. The highest BCUT2D eigenvalue weighted by Crippen LogP contribution is 2.32. The molecule has 0 saturated carbocycles. The molecule has 1 aromatic heterocycles. The van der Waals surface area contributed by atoms with Gasteiger partial charge in [0.25, 0.3) is 0 Å². The predicted octanol–water partition coefficient (Wildman–Crippen LogP) is 2.47. The van der Waals surface area contributed by atoms with Gasteiger partial charge in [0.2, 0.25) is 5.76 Å². The number of rotatable bonds is 3. The van der Waals surface area contributed by atoms with E-state index in [0.717, 1.165) is 23.7 Å². The van der Waals surface area contributed by atoms with Crippen molar-refractivity contribution in [2.45, 2.75) is 6.54 Å². The summed E-state index contributed by atoms with van der Waals surface area (Å²) >= 11 is 0. The summed E-state index contributed by atoms with van der Waals surface area (Å²) in [6, 6.07) is 11.3. The molecule has 0 unspecified atom stereocenters. The summed E-state index contributed by atoms with van der Waals surface area (Å²) in [5.41, 5.74) is 1.04. The quantitative estimate of drug-likeness (QED) is 0.804. The lowest BCUT2D eigenvalue weighted by atomic mass is 10.2. The number of nitrogens with zero attached hydrogens (tertiary/aromatic N) is 1. The van der Waals surface area contributed by atoms with Gasteiger partial charge >= 0.3 is 5.97 Å². The Hall–Kier alpha value is -2.43. The molecule has 0 atom stereocenters. The topological polar surface area (TPSA) is 51.9 Å². The summed E-state index contributed by atoms with van der Waals surface area (Å²) in [4.78, 5) is 13.5. The van der Waals surface area contributed by atoms with E-state index in [1.165, 1.54) is 7.11 Å². The fourth-order valence-corrected chi connectivity index (χ4v) is 2.25. The van der Waals surface area contributed by atoms with Crippen molar-refractivity contribution in [3.05, 3.63) is 47.9 Å². The molecule has 0 bridgehead atoms. The van der Waals surface area contributed by atoms with Crippen LogP contribution in [-0.4, -0.2) is 26.2 Å². The summed E-state index contributed by atoms with van der Waals surface area (Å²) < 4.78 is 15.7. The number of carbonyl (C=O) groups is 1. The lowest BCUT2D eigenvalue weighted by Gasteiger charge is -2.30. The highest BCUT2D eigenvalue weighted by atomic mass is 16.5. The van der Waals surface area contributed by atoms with Crippen LogP contribution >= 0.6 is 0 Å². The molecule has 104 valence electrons. The van der Waals surface area contributed by atoms with E-state index in [9.17, 15) is 4.79 Å². The zero-order valence-electron chi connectivity index (χ0n) is 11.2. The molecule has 0 N–H and O–H groups in total. The molecule has 2 aromatic rings. The first-order valence-electron chi connectivity index (χ1n) is 6.42. The number of methoxy groups -OCH3 is 1. The van der Waals surface area contributed by atoms with Gasteiger partial charge in [-0.3, -0.25) is 0 Å². The van der Waals surface area contributed by atoms with Crippen LogP contribution in [0.3, 0.4) is 0 Å². The smallest absolute Gasteiger partial charge is 0.373 e. The third kappa shape index (κ3) is 2.34. The maximum atomic E-state index is 11.4. The minimum Gasteiger partial charge on any atom is -0.490 e. The molecule has 20 heavy (non-hydrogen) atoms. The van der Waals surface area contributed by atoms with Gasteiger partial charge < -0.3 is 18.8 Å². The lowest BCUT2D eigenvalue weighted by Crippen LogP contribution is -2.31. The molecule has 1 aliphatic heterocycles. The third-order valence-corrected chi connectivity index (χ3v) is 3.22. The molecule has 5 nitrogen and oxygen atoms in total. The molecule has 0 fully saturated rings. The number of esters is 1. The van der Waals surface area contributed by atoms with Crippen LogP contribution in [0, 0.1) is 0 Å². The summed E-state index contributed by atoms with van der Waals surface area (Å²) in [5.74, 6) is 1.36. The first-order valence-corrected chi connectivity index (χ1v) is 6.42. The number of anilines is 1. The van der Waals surface area contributed by atoms with E-state index < -0.39 is 5.97 Å². The van der Waals surface area contributed by atoms with Crippen LogP contribution in [0.15, 0.2) is 40.8 Å². The molecule has 1 aromatic carbocycles. The summed E-state index contributed by atoms with van der Waals surface area (Å²) in [6.07, 6.45) is 0. The van der Waals surface area contributed by atoms with Gasteiger partial charge in [-0.1, -0.05) is 12.1 Å². The van der Waals surface area contributed by atoms with Crippen molar-refractivity contribution in [2.24, 2.45) is 0 Å². The SMILES string of the molecule is COC(=O)c1ccc(CN2CCOc3ccccc32)o1. The lowest BCUT2D eigenvalue weighted by molar-refractivity contribution is 0.0563. The number of para-hydroxylation sites is 2. The van der Waals surface area contributed by atoms with Crippen molar-refractivity contribution >= 4 is 11.7 Å². The Kier molecular flexibility index (Phi) is 3.33. The van der Waals surface area contributed by atoms with E-state index in [0.29, 0.717) is 13.2 Å². The van der Waals surface area contributed by atoms with E-state index in [1.54, 1.807) is 12.1 Å². The van der Waals surface area contributed by atoms with Crippen LogP contribution < -0.4 is 9.64 Å². The predicted molar refractivity (Wildman–Crippen MR) is 73.0 cm³/mol. The number of hydrogen-bond acceptors (Lipinski definition) is 5. The minimum atomic E-state index is -0.460. The second-order valence-corrected chi connectivity index (χ2v) is 4.50. The first-order chi connectivity index (χ1) is 9.78. The number of ether oxygens (including phenoxy) is 2. The summed E-state index contributed by atoms with van der Waals surface area (Å²) in [5, 5.41) is 0. The molecule has 0 saturated heterocycles. The Morgan fingerprint density at radius 3 is 3.00 bits per heavy atom. The Balaban J connectivity index is 1.79. The molecule has 0 radical (unpaired) electrons. The Morgan fingerprint density at radius 1 is 1.30 bits per heavy atom. The maximum absolute atomic E-state index is 11.4. The molecule has 2 heterocycles. The number of benzene rings is 1. The van der Waals surface area contributed by atoms with Crippen molar-refractivity contribution < 1.29 is 18.7 Å². The number of furan rings is 1. The van der Waals surface area contributed by atoms with Gasteiger partial charge in [0.1, 0.15) is 18.1 Å². The Labute approximate surface area is 116 Å². The molecular formula is C15H15NO4. The van der Waals surface area contributed by atoms with Gasteiger partial charge in [-0.15, -0.1) is 0 Å². The van der Waals surface area contributed by atoms with E-state index in [2.05, 4.69) is 9.64 Å². The van der Waals surface area contributed by atoms with Crippen LogP contribution in [0.5, 0.6) is 5.75 Å². The first kappa shape index (κ1) is 12.6. The number of fused-ring (bicyclic) bond motifs is 1. The Morgan fingerprint density at radius 2 is 2.15 bits per heavy atom. The van der Waals surface area contributed by atoms with Crippen molar-refractivity contribution in [1.29, 1.82) is 0 Å². The summed E-state index contributed by atoms with van der Waals surface area (Å²) in [6.45, 7) is 2.02. The minimum absolute atomic E-state index is 0.226. The normalized spacial score (nSPS) is 13.6. The van der Waals surface area contributed by atoms with Crippen molar-refractivity contribution in [3.63, 3.8) is 0 Å². The van der Waals surface area contributed by atoms with E-state index in [-0.39, 0.29) is 5.76 Å². The highest BCUT2D eigenvalue weighted by molar-refractivity contribution is 5.86. The molecule has 0 amide bonds. The van der Waals surface area contributed by atoms with Crippen LogP contribution in [0.2, 0.25) is 0 Å². The molecule has 5 heteroatoms. The van der Waals surface area contributed by atoms with Crippen LogP contribution in [0.25, 0.3) is 0 Å². The monoisotopic (exact) mass is 273 g/mol. The van der Waals surface area contributed by atoms with E-state index in [4.69, 9.17) is 9.15 Å². The van der Waals surface area contributed by atoms with Gasteiger partial charge in [0.15, 0.2) is 0 Å². The fraction of sp³-hybridized carbons (Fsp3) is 0.267. The molecule has 3 rings (SSSR count). The van der Waals surface area contributed by atoms with Crippen LogP contribution in [-0.2, 0) is 11.3 Å². The van der Waals surface area contributed by atoms with Crippen molar-refractivity contribution in [1.82, 2.24) is 0 Å². The van der Waals surface area contributed by atoms with Crippen LogP contribution in [0.4, 0.5) is 5.69 Å².